The zero-order valence-electron chi connectivity index (χ0n) is 11.2. The van der Waals surface area contributed by atoms with E-state index in [9.17, 15) is 5.11 Å². The van der Waals surface area contributed by atoms with Crippen LogP contribution in [0.2, 0.25) is 5.02 Å². The van der Waals surface area contributed by atoms with E-state index in [1.165, 1.54) is 0 Å². The van der Waals surface area contributed by atoms with E-state index in [4.69, 9.17) is 11.6 Å². The minimum atomic E-state index is -0.565. The number of benzene rings is 2. The molecular weight excluding hydrogens is 272 g/mol. The predicted octanol–water partition coefficient (Wildman–Crippen LogP) is 3.21. The van der Waals surface area contributed by atoms with Crippen LogP contribution >= 0.6 is 11.6 Å². The normalized spacial score (nSPS) is 12.8. The number of para-hydroxylation sites is 2. The minimum absolute atomic E-state index is 0.565. The van der Waals surface area contributed by atoms with Gasteiger partial charge in [-0.15, -0.1) is 0 Å². The molecule has 0 bridgehead atoms. The monoisotopic (exact) mass is 287 g/mol. The van der Waals surface area contributed by atoms with Crippen LogP contribution in [-0.4, -0.2) is 10.1 Å². The number of aromatic nitrogens is 2. The van der Waals surface area contributed by atoms with Crippen molar-refractivity contribution in [3.8, 4) is 0 Å². The summed E-state index contributed by atoms with van der Waals surface area (Å²) >= 11 is 6.24. The first-order valence-corrected chi connectivity index (χ1v) is 6.96. The first-order valence-electron chi connectivity index (χ1n) is 6.58. The average molecular weight is 288 g/mol. The minimum Gasteiger partial charge on any atom is -0.381 e. The van der Waals surface area contributed by atoms with Crippen molar-refractivity contribution in [3.63, 3.8) is 0 Å². The maximum absolute atomic E-state index is 9.97. The summed E-state index contributed by atoms with van der Waals surface area (Å²) in [6.45, 7) is 2.39. The molecule has 4 heteroatoms. The van der Waals surface area contributed by atoms with Crippen LogP contribution in [0, 0.1) is 0 Å². The molecule has 2 N–H and O–H groups in total. The van der Waals surface area contributed by atoms with E-state index >= 15 is 0 Å². The maximum Gasteiger partial charge on any atom is 0.284 e. The number of fused-ring (bicyclic) bond motifs is 1. The van der Waals surface area contributed by atoms with Crippen molar-refractivity contribution in [1.29, 1.82) is 0 Å². The van der Waals surface area contributed by atoms with Crippen molar-refractivity contribution in [2.24, 2.45) is 0 Å². The Bertz CT molecular complexity index is 749. The zero-order chi connectivity index (χ0) is 14.1. The van der Waals surface area contributed by atoms with Crippen molar-refractivity contribution >= 4 is 22.6 Å². The summed E-state index contributed by atoms with van der Waals surface area (Å²) < 4.78 is 2.07. The van der Waals surface area contributed by atoms with Gasteiger partial charge in [0, 0.05) is 10.6 Å². The highest BCUT2D eigenvalue weighted by molar-refractivity contribution is 6.31. The molecule has 0 aliphatic heterocycles. The Morgan fingerprint density at radius 1 is 1.15 bits per heavy atom. The summed E-state index contributed by atoms with van der Waals surface area (Å²) in [5.41, 5.74) is 3.10. The van der Waals surface area contributed by atoms with Gasteiger partial charge in [0.05, 0.1) is 0 Å². The molecule has 0 spiro atoms. The molecule has 102 valence electrons. The number of halogens is 1. The number of imidazole rings is 1. The first kappa shape index (κ1) is 13.2. The Morgan fingerprint density at radius 3 is 2.60 bits per heavy atom. The average Bonchev–Trinajstić information content (AvgIpc) is 2.81. The highest BCUT2D eigenvalue weighted by Crippen LogP contribution is 2.18. The van der Waals surface area contributed by atoms with Crippen LogP contribution in [-0.2, 0) is 6.54 Å². The summed E-state index contributed by atoms with van der Waals surface area (Å²) in [6.07, 6.45) is -0.565. The fourth-order valence-corrected chi connectivity index (χ4v) is 2.64. The number of hydrogen-bond acceptors (Lipinski definition) is 1. The fraction of sp³-hybridized carbons (Fsp3) is 0.188. The molecule has 3 aromatic rings. The molecule has 0 saturated carbocycles. The van der Waals surface area contributed by atoms with Crippen LogP contribution in [0.3, 0.4) is 0 Å². The van der Waals surface area contributed by atoms with Gasteiger partial charge < -0.3 is 5.11 Å². The van der Waals surface area contributed by atoms with E-state index in [-0.39, 0.29) is 0 Å². The number of hydrogen-bond donors (Lipinski definition) is 2. The predicted molar refractivity (Wildman–Crippen MR) is 79.7 cm³/mol. The Balaban J connectivity index is 2.14. The van der Waals surface area contributed by atoms with Gasteiger partial charge in [-0.05, 0) is 25.1 Å². The molecule has 1 atom stereocenters. The lowest BCUT2D eigenvalue weighted by Crippen LogP contribution is -2.38. The molecule has 2 aromatic carbocycles. The van der Waals surface area contributed by atoms with Gasteiger partial charge >= 0.3 is 0 Å². The second kappa shape index (κ2) is 5.27. The van der Waals surface area contributed by atoms with Crippen LogP contribution in [0.25, 0.3) is 11.0 Å². The van der Waals surface area contributed by atoms with E-state index in [0.717, 1.165) is 27.4 Å². The van der Waals surface area contributed by atoms with Crippen molar-refractivity contribution in [2.45, 2.75) is 19.6 Å². The molecular formula is C16H16ClN2O+. The summed E-state index contributed by atoms with van der Waals surface area (Å²) in [5, 5.41) is 10.7. The molecule has 0 amide bonds. The van der Waals surface area contributed by atoms with Crippen molar-refractivity contribution in [1.82, 2.24) is 4.98 Å². The Morgan fingerprint density at radius 2 is 1.85 bits per heavy atom. The Hall–Kier alpha value is -1.84. The number of H-pyrrole nitrogens is 1. The van der Waals surface area contributed by atoms with Gasteiger partial charge in [-0.25, -0.2) is 9.55 Å². The number of rotatable bonds is 3. The molecule has 0 fully saturated rings. The molecule has 1 heterocycles. The van der Waals surface area contributed by atoms with E-state index < -0.39 is 6.10 Å². The zero-order valence-corrected chi connectivity index (χ0v) is 11.9. The second-order valence-electron chi connectivity index (χ2n) is 4.88. The van der Waals surface area contributed by atoms with E-state index in [1.54, 1.807) is 6.92 Å². The van der Waals surface area contributed by atoms with Crippen molar-refractivity contribution < 1.29 is 9.67 Å². The SMILES string of the molecule is CC(O)c1[nH]c2ccccc2[n+]1Cc1ccccc1Cl. The third-order valence-corrected chi connectivity index (χ3v) is 3.80. The van der Waals surface area contributed by atoms with Gasteiger partial charge in [0.15, 0.2) is 17.1 Å². The number of aliphatic hydroxyl groups is 1. The smallest absolute Gasteiger partial charge is 0.284 e. The van der Waals surface area contributed by atoms with Crippen LogP contribution in [0.5, 0.6) is 0 Å². The van der Waals surface area contributed by atoms with Gasteiger partial charge in [0.2, 0.25) is 0 Å². The molecule has 0 saturated heterocycles. The van der Waals surface area contributed by atoms with Crippen LogP contribution < -0.4 is 4.57 Å². The van der Waals surface area contributed by atoms with Crippen molar-refractivity contribution in [3.05, 3.63) is 64.9 Å². The molecule has 1 unspecified atom stereocenters. The number of nitrogens with one attached hydrogen (secondary N) is 1. The summed E-state index contributed by atoms with van der Waals surface area (Å²) in [7, 11) is 0. The topological polar surface area (TPSA) is 39.9 Å². The summed E-state index contributed by atoms with van der Waals surface area (Å²) in [5.74, 6) is 0.783. The highest BCUT2D eigenvalue weighted by atomic mass is 35.5. The first-order chi connectivity index (χ1) is 9.66. The molecule has 0 aliphatic rings. The Kier molecular flexibility index (Phi) is 3.47. The second-order valence-corrected chi connectivity index (χ2v) is 5.29. The Labute approximate surface area is 122 Å². The largest absolute Gasteiger partial charge is 0.381 e. The summed E-state index contributed by atoms with van der Waals surface area (Å²) in [4.78, 5) is 3.27. The van der Waals surface area contributed by atoms with Crippen LogP contribution in [0.4, 0.5) is 0 Å². The lowest BCUT2D eigenvalue weighted by molar-refractivity contribution is -0.673. The lowest BCUT2D eigenvalue weighted by atomic mass is 10.2. The van der Waals surface area contributed by atoms with E-state index in [0.29, 0.717) is 6.54 Å². The molecule has 0 aliphatic carbocycles. The van der Waals surface area contributed by atoms with Gasteiger partial charge in [-0.2, -0.15) is 0 Å². The number of aliphatic hydroxyl groups excluding tert-OH is 1. The fourth-order valence-electron chi connectivity index (χ4n) is 2.45. The molecule has 3 nitrogen and oxygen atoms in total. The van der Waals surface area contributed by atoms with Gasteiger partial charge in [-0.1, -0.05) is 41.9 Å². The van der Waals surface area contributed by atoms with Crippen LogP contribution in [0.15, 0.2) is 48.5 Å². The number of nitrogens with zero attached hydrogens (tertiary/aromatic N) is 1. The summed E-state index contributed by atoms with van der Waals surface area (Å²) in [6, 6.07) is 15.8. The quantitative estimate of drug-likeness (QED) is 0.714. The molecule has 1 aromatic heterocycles. The van der Waals surface area contributed by atoms with Crippen molar-refractivity contribution in [2.75, 3.05) is 0 Å². The van der Waals surface area contributed by atoms with Crippen LogP contribution in [0.1, 0.15) is 24.4 Å². The van der Waals surface area contributed by atoms with Gasteiger partial charge in [0.1, 0.15) is 6.54 Å². The van der Waals surface area contributed by atoms with E-state index in [2.05, 4.69) is 9.55 Å². The maximum atomic E-state index is 9.97. The van der Waals surface area contributed by atoms with E-state index in [1.807, 2.05) is 48.5 Å². The molecule has 0 radical (unpaired) electrons. The molecule has 3 rings (SSSR count). The molecule has 20 heavy (non-hydrogen) atoms. The lowest BCUT2D eigenvalue weighted by Gasteiger charge is -2.05. The highest BCUT2D eigenvalue weighted by Gasteiger charge is 2.22. The third-order valence-electron chi connectivity index (χ3n) is 3.43. The van der Waals surface area contributed by atoms with Gasteiger partial charge in [0.25, 0.3) is 5.82 Å². The third kappa shape index (κ3) is 2.30. The van der Waals surface area contributed by atoms with Gasteiger partial charge in [-0.3, -0.25) is 0 Å². The standard InChI is InChI=1S/C16H15ClN2O/c1-11(20)16-18-14-8-4-5-9-15(14)19(16)10-12-6-2-3-7-13(12)17/h2-9,11,20H,10H2,1H3/p+1. The number of aromatic amines is 1.